The third kappa shape index (κ3) is 5.90. The zero-order valence-corrected chi connectivity index (χ0v) is 15.0. The van der Waals surface area contributed by atoms with Gasteiger partial charge in [0.1, 0.15) is 0 Å². The Bertz CT molecular complexity index is 246. The second kappa shape index (κ2) is 10.6. The minimum absolute atomic E-state index is 0.0969. The van der Waals surface area contributed by atoms with Gasteiger partial charge in [-0.3, -0.25) is 0 Å². The lowest BCUT2D eigenvalue weighted by Crippen LogP contribution is -2.52. The zero-order valence-electron chi connectivity index (χ0n) is 15.0. The SMILES string of the molecule is CCCCC(CC)CC(NC)C1(OCC)CCCCCC1. The molecule has 1 aliphatic carbocycles. The molecule has 0 aromatic rings. The van der Waals surface area contributed by atoms with Gasteiger partial charge in [0.05, 0.1) is 5.60 Å². The number of rotatable bonds is 10. The summed E-state index contributed by atoms with van der Waals surface area (Å²) in [5, 5.41) is 3.64. The van der Waals surface area contributed by atoms with E-state index >= 15 is 0 Å². The summed E-state index contributed by atoms with van der Waals surface area (Å²) in [7, 11) is 2.14. The van der Waals surface area contributed by atoms with Crippen LogP contribution in [0, 0.1) is 5.92 Å². The normalized spacial score (nSPS) is 21.7. The molecule has 2 atom stereocenters. The van der Waals surface area contributed by atoms with E-state index in [0.717, 1.165) is 12.5 Å². The van der Waals surface area contributed by atoms with Crippen molar-refractivity contribution in [3.05, 3.63) is 0 Å². The van der Waals surface area contributed by atoms with E-state index in [9.17, 15) is 0 Å². The Morgan fingerprint density at radius 2 is 1.71 bits per heavy atom. The van der Waals surface area contributed by atoms with Crippen molar-refractivity contribution in [2.75, 3.05) is 13.7 Å². The van der Waals surface area contributed by atoms with Crippen LogP contribution in [-0.4, -0.2) is 25.3 Å². The third-order valence-electron chi connectivity index (χ3n) is 5.48. The first-order valence-corrected chi connectivity index (χ1v) is 9.53. The Kier molecular flexibility index (Phi) is 9.59. The Morgan fingerprint density at radius 1 is 1.05 bits per heavy atom. The molecule has 1 rings (SSSR count). The molecule has 0 aliphatic heterocycles. The smallest absolute Gasteiger partial charge is 0.0834 e. The van der Waals surface area contributed by atoms with Crippen molar-refractivity contribution < 1.29 is 4.74 Å². The van der Waals surface area contributed by atoms with Gasteiger partial charge in [-0.25, -0.2) is 0 Å². The van der Waals surface area contributed by atoms with Crippen molar-refractivity contribution in [3.8, 4) is 0 Å². The molecule has 0 amide bonds. The summed E-state index contributed by atoms with van der Waals surface area (Å²) in [5.41, 5.74) is 0.0969. The van der Waals surface area contributed by atoms with E-state index in [2.05, 4.69) is 33.1 Å². The van der Waals surface area contributed by atoms with E-state index in [0.29, 0.717) is 6.04 Å². The van der Waals surface area contributed by atoms with Crippen molar-refractivity contribution in [1.29, 1.82) is 0 Å². The number of nitrogens with one attached hydrogen (secondary N) is 1. The molecule has 2 nitrogen and oxygen atoms in total. The van der Waals surface area contributed by atoms with Gasteiger partial charge in [0, 0.05) is 12.6 Å². The van der Waals surface area contributed by atoms with Crippen LogP contribution in [0.25, 0.3) is 0 Å². The highest BCUT2D eigenvalue weighted by molar-refractivity contribution is 4.95. The molecule has 0 radical (unpaired) electrons. The van der Waals surface area contributed by atoms with E-state index in [-0.39, 0.29) is 5.60 Å². The highest BCUT2D eigenvalue weighted by atomic mass is 16.5. The number of hydrogen-bond acceptors (Lipinski definition) is 2. The Hall–Kier alpha value is -0.0800. The summed E-state index contributed by atoms with van der Waals surface area (Å²) in [5.74, 6) is 0.850. The summed E-state index contributed by atoms with van der Waals surface area (Å²) in [6, 6.07) is 0.525. The molecule has 0 saturated heterocycles. The maximum absolute atomic E-state index is 6.39. The molecule has 0 spiro atoms. The van der Waals surface area contributed by atoms with Crippen LogP contribution in [0.1, 0.15) is 91.4 Å². The van der Waals surface area contributed by atoms with Gasteiger partial charge in [0.15, 0.2) is 0 Å². The fraction of sp³-hybridized carbons (Fsp3) is 1.00. The fourth-order valence-electron chi connectivity index (χ4n) is 4.12. The second-order valence-corrected chi connectivity index (χ2v) is 6.91. The molecule has 126 valence electrons. The van der Waals surface area contributed by atoms with Crippen LogP contribution in [-0.2, 0) is 4.74 Å². The van der Waals surface area contributed by atoms with E-state index in [1.807, 2.05) is 0 Å². The topological polar surface area (TPSA) is 21.3 Å². The molecule has 0 bridgehead atoms. The summed E-state index contributed by atoms with van der Waals surface area (Å²) in [4.78, 5) is 0. The third-order valence-corrected chi connectivity index (χ3v) is 5.48. The average Bonchev–Trinajstić information content (AvgIpc) is 2.74. The van der Waals surface area contributed by atoms with Crippen LogP contribution >= 0.6 is 0 Å². The molecule has 21 heavy (non-hydrogen) atoms. The van der Waals surface area contributed by atoms with Crippen molar-refractivity contribution in [1.82, 2.24) is 5.32 Å². The van der Waals surface area contributed by atoms with Gasteiger partial charge in [-0.1, -0.05) is 65.2 Å². The van der Waals surface area contributed by atoms with Gasteiger partial charge in [-0.15, -0.1) is 0 Å². The van der Waals surface area contributed by atoms with E-state index < -0.39 is 0 Å². The molecule has 2 unspecified atom stereocenters. The Balaban J connectivity index is 2.74. The molecular weight excluding hydrogens is 258 g/mol. The van der Waals surface area contributed by atoms with Crippen LogP contribution in [0.15, 0.2) is 0 Å². The number of likely N-dealkylation sites (N-methyl/N-ethyl adjacent to an activating group) is 1. The van der Waals surface area contributed by atoms with Gasteiger partial charge < -0.3 is 10.1 Å². The van der Waals surface area contributed by atoms with Gasteiger partial charge in [-0.05, 0) is 39.2 Å². The Labute approximate surface area is 133 Å². The van der Waals surface area contributed by atoms with Gasteiger partial charge in [0.2, 0.25) is 0 Å². The van der Waals surface area contributed by atoms with Crippen LogP contribution in [0.5, 0.6) is 0 Å². The largest absolute Gasteiger partial charge is 0.374 e. The molecule has 1 fully saturated rings. The minimum atomic E-state index is 0.0969. The molecule has 1 N–H and O–H groups in total. The van der Waals surface area contributed by atoms with Crippen molar-refractivity contribution in [2.24, 2.45) is 5.92 Å². The van der Waals surface area contributed by atoms with Crippen molar-refractivity contribution >= 4 is 0 Å². The highest BCUT2D eigenvalue weighted by Gasteiger charge is 2.39. The van der Waals surface area contributed by atoms with Gasteiger partial charge >= 0.3 is 0 Å². The second-order valence-electron chi connectivity index (χ2n) is 6.91. The maximum atomic E-state index is 6.39. The quantitative estimate of drug-likeness (QED) is 0.552. The van der Waals surface area contributed by atoms with Crippen LogP contribution in [0.4, 0.5) is 0 Å². The molecule has 0 aromatic heterocycles. The molecule has 1 saturated carbocycles. The van der Waals surface area contributed by atoms with Crippen molar-refractivity contribution in [2.45, 2.75) is 103 Å². The Morgan fingerprint density at radius 3 is 2.19 bits per heavy atom. The standard InChI is InChI=1S/C19H39NO/c1-5-8-13-17(6-2)16-18(20-4)19(21-7-3)14-11-9-10-12-15-19/h17-18,20H,5-16H2,1-4H3. The predicted molar refractivity (Wildman–Crippen MR) is 92.8 cm³/mol. The zero-order chi connectivity index (χ0) is 15.6. The summed E-state index contributed by atoms with van der Waals surface area (Å²) in [6.07, 6.45) is 14.6. The van der Waals surface area contributed by atoms with Gasteiger partial charge in [-0.2, -0.15) is 0 Å². The summed E-state index contributed by atoms with van der Waals surface area (Å²) >= 11 is 0. The molecule has 0 aromatic carbocycles. The van der Waals surface area contributed by atoms with Crippen molar-refractivity contribution in [3.63, 3.8) is 0 Å². The number of ether oxygens (including phenoxy) is 1. The molecule has 2 heteroatoms. The monoisotopic (exact) mass is 297 g/mol. The molecular formula is C19H39NO. The van der Waals surface area contributed by atoms with E-state index in [1.165, 1.54) is 70.6 Å². The first kappa shape index (κ1) is 19.0. The predicted octanol–water partition coefficient (Wildman–Crippen LogP) is 5.31. The van der Waals surface area contributed by atoms with Gasteiger partial charge in [0.25, 0.3) is 0 Å². The van der Waals surface area contributed by atoms with Crippen LogP contribution in [0.3, 0.4) is 0 Å². The summed E-state index contributed by atoms with van der Waals surface area (Å²) < 4.78 is 6.39. The average molecular weight is 298 g/mol. The molecule has 1 aliphatic rings. The first-order chi connectivity index (χ1) is 10.2. The molecule has 0 heterocycles. The fourth-order valence-corrected chi connectivity index (χ4v) is 4.12. The lowest BCUT2D eigenvalue weighted by Gasteiger charge is -2.41. The first-order valence-electron chi connectivity index (χ1n) is 9.53. The maximum Gasteiger partial charge on any atom is 0.0834 e. The van der Waals surface area contributed by atoms with E-state index in [4.69, 9.17) is 4.74 Å². The van der Waals surface area contributed by atoms with Crippen LogP contribution in [0.2, 0.25) is 0 Å². The van der Waals surface area contributed by atoms with E-state index in [1.54, 1.807) is 0 Å². The number of unbranched alkanes of at least 4 members (excludes halogenated alkanes) is 1. The summed E-state index contributed by atoms with van der Waals surface area (Å²) in [6.45, 7) is 7.67. The van der Waals surface area contributed by atoms with Crippen LogP contribution < -0.4 is 5.32 Å². The lowest BCUT2D eigenvalue weighted by molar-refractivity contribution is -0.0803. The lowest BCUT2D eigenvalue weighted by atomic mass is 9.79. The minimum Gasteiger partial charge on any atom is -0.374 e. The highest BCUT2D eigenvalue weighted by Crippen LogP contribution is 2.36. The number of hydrogen-bond donors (Lipinski definition) is 1.